The van der Waals surface area contributed by atoms with E-state index < -0.39 is 6.04 Å². The zero-order valence-electron chi connectivity index (χ0n) is 20.1. The van der Waals surface area contributed by atoms with Gasteiger partial charge in [-0.25, -0.2) is 4.68 Å². The summed E-state index contributed by atoms with van der Waals surface area (Å²) in [5, 5.41) is 13.6. The van der Waals surface area contributed by atoms with E-state index in [0.29, 0.717) is 31.0 Å². The van der Waals surface area contributed by atoms with E-state index in [9.17, 15) is 4.79 Å². The lowest BCUT2D eigenvalue weighted by Gasteiger charge is -2.30. The fraction of sp³-hybridized carbons (Fsp3) is 0.385. The second-order valence-electron chi connectivity index (χ2n) is 8.81. The molecule has 2 atom stereocenters. The summed E-state index contributed by atoms with van der Waals surface area (Å²) in [7, 11) is 1.63. The number of pyridine rings is 1. The van der Waals surface area contributed by atoms with Crippen molar-refractivity contribution in [1.29, 1.82) is 0 Å². The van der Waals surface area contributed by atoms with Crippen molar-refractivity contribution in [2.75, 3.05) is 20.3 Å². The zero-order chi connectivity index (χ0) is 24.2. The first-order valence-corrected chi connectivity index (χ1v) is 12.0. The maximum absolute atomic E-state index is 13.4. The third-order valence-corrected chi connectivity index (χ3v) is 6.58. The van der Waals surface area contributed by atoms with Gasteiger partial charge in [-0.05, 0) is 59.6 Å². The van der Waals surface area contributed by atoms with E-state index in [2.05, 4.69) is 44.5 Å². The molecule has 0 amide bonds. The number of tetrazole rings is 1. The standard InChI is InChI=1S/C26H30N6O3/c1-3-31(16-18-8-5-4-6-9-18)24(25-28-29-30-32(25)17-21-10-7-13-35-21)22-15-19-14-20(34-2)11-12-23(19)27-26(22)33/h4-6,8-9,11-12,14-15,21,24H,3,7,10,13,16-17H2,1-2H3,(H,27,33)/t21-,24+/m0/s1. The van der Waals surface area contributed by atoms with Crippen LogP contribution in [0.2, 0.25) is 0 Å². The molecule has 1 saturated heterocycles. The number of ether oxygens (including phenoxy) is 2. The van der Waals surface area contributed by atoms with E-state index in [1.54, 1.807) is 11.8 Å². The number of aromatic amines is 1. The van der Waals surface area contributed by atoms with Crippen LogP contribution in [0.15, 0.2) is 59.4 Å². The number of hydrogen-bond acceptors (Lipinski definition) is 7. The first-order chi connectivity index (χ1) is 17.2. The second-order valence-corrected chi connectivity index (χ2v) is 8.81. The van der Waals surface area contributed by atoms with Crippen molar-refractivity contribution in [3.05, 3.63) is 81.9 Å². The third-order valence-electron chi connectivity index (χ3n) is 6.58. The van der Waals surface area contributed by atoms with Gasteiger partial charge in [0.15, 0.2) is 5.82 Å². The van der Waals surface area contributed by atoms with E-state index >= 15 is 0 Å². The van der Waals surface area contributed by atoms with Gasteiger partial charge in [0, 0.05) is 29.6 Å². The summed E-state index contributed by atoms with van der Waals surface area (Å²) >= 11 is 0. The van der Waals surface area contributed by atoms with Crippen LogP contribution in [0.3, 0.4) is 0 Å². The average molecular weight is 475 g/mol. The lowest BCUT2D eigenvalue weighted by molar-refractivity contribution is 0.0907. The molecule has 1 fully saturated rings. The Bertz CT molecular complexity index is 1330. The molecule has 3 heterocycles. The Kier molecular flexibility index (Phi) is 6.87. The molecule has 5 rings (SSSR count). The molecule has 0 saturated carbocycles. The molecule has 0 radical (unpaired) electrons. The van der Waals surface area contributed by atoms with Gasteiger partial charge in [0.05, 0.1) is 19.8 Å². The van der Waals surface area contributed by atoms with Gasteiger partial charge in [0.2, 0.25) is 0 Å². The van der Waals surface area contributed by atoms with Crippen LogP contribution in [0.4, 0.5) is 0 Å². The van der Waals surface area contributed by atoms with Crippen LogP contribution in [0.1, 0.15) is 42.8 Å². The highest BCUT2D eigenvalue weighted by Gasteiger charge is 2.31. The molecule has 2 aromatic carbocycles. The van der Waals surface area contributed by atoms with Crippen LogP contribution < -0.4 is 10.3 Å². The van der Waals surface area contributed by atoms with Gasteiger partial charge in [0.25, 0.3) is 5.56 Å². The Morgan fingerprint density at radius 2 is 2.09 bits per heavy atom. The highest BCUT2D eigenvalue weighted by molar-refractivity contribution is 5.80. The van der Waals surface area contributed by atoms with Gasteiger partial charge in [0.1, 0.15) is 11.8 Å². The van der Waals surface area contributed by atoms with E-state index in [1.165, 1.54) is 0 Å². The molecule has 4 aromatic rings. The summed E-state index contributed by atoms with van der Waals surface area (Å²) in [6.45, 7) is 4.74. The maximum Gasteiger partial charge on any atom is 0.253 e. The summed E-state index contributed by atoms with van der Waals surface area (Å²) in [6, 6.07) is 17.3. The van der Waals surface area contributed by atoms with Crippen molar-refractivity contribution in [3.63, 3.8) is 0 Å². The molecule has 1 N–H and O–H groups in total. The van der Waals surface area contributed by atoms with E-state index in [0.717, 1.165) is 41.7 Å². The van der Waals surface area contributed by atoms with Crippen LogP contribution in [0.5, 0.6) is 5.75 Å². The number of H-pyrrole nitrogens is 1. The highest BCUT2D eigenvalue weighted by Crippen LogP contribution is 2.29. The smallest absolute Gasteiger partial charge is 0.253 e. The molecule has 0 bridgehead atoms. The molecule has 9 heteroatoms. The quantitative estimate of drug-likeness (QED) is 0.397. The van der Waals surface area contributed by atoms with Crippen molar-refractivity contribution in [2.24, 2.45) is 0 Å². The Balaban J connectivity index is 1.62. The number of fused-ring (bicyclic) bond motifs is 1. The summed E-state index contributed by atoms with van der Waals surface area (Å²) < 4.78 is 13.1. The maximum atomic E-state index is 13.4. The van der Waals surface area contributed by atoms with Crippen molar-refractivity contribution >= 4 is 10.9 Å². The molecule has 0 unspecified atom stereocenters. The molecule has 0 aliphatic carbocycles. The number of hydrogen-bond donors (Lipinski definition) is 1. The fourth-order valence-corrected chi connectivity index (χ4v) is 4.75. The summed E-state index contributed by atoms with van der Waals surface area (Å²) in [5.41, 5.74) is 2.33. The Morgan fingerprint density at radius 1 is 1.23 bits per heavy atom. The van der Waals surface area contributed by atoms with Crippen LogP contribution in [0, 0.1) is 0 Å². The van der Waals surface area contributed by atoms with Gasteiger partial charge in [-0.3, -0.25) is 9.69 Å². The fourth-order valence-electron chi connectivity index (χ4n) is 4.75. The molecule has 1 aliphatic heterocycles. The number of benzene rings is 2. The first kappa shape index (κ1) is 23.2. The van der Waals surface area contributed by atoms with Crippen molar-refractivity contribution in [3.8, 4) is 5.75 Å². The molecule has 2 aromatic heterocycles. The van der Waals surface area contributed by atoms with E-state index in [4.69, 9.17) is 9.47 Å². The minimum atomic E-state index is -0.448. The van der Waals surface area contributed by atoms with Gasteiger partial charge in [-0.2, -0.15) is 0 Å². The lowest BCUT2D eigenvalue weighted by Crippen LogP contribution is -2.35. The predicted molar refractivity (Wildman–Crippen MR) is 132 cm³/mol. The van der Waals surface area contributed by atoms with Crippen molar-refractivity contribution in [2.45, 2.75) is 45.0 Å². The SMILES string of the molecule is CCN(Cc1ccccc1)[C@H](c1cc2cc(OC)ccc2[nH]c1=O)c1nnnn1C[C@@H]1CCCO1. The van der Waals surface area contributed by atoms with E-state index in [1.807, 2.05) is 42.5 Å². The van der Waals surface area contributed by atoms with Crippen LogP contribution in [0.25, 0.3) is 10.9 Å². The minimum Gasteiger partial charge on any atom is -0.497 e. The number of nitrogens with one attached hydrogen (secondary N) is 1. The van der Waals surface area contributed by atoms with Gasteiger partial charge >= 0.3 is 0 Å². The highest BCUT2D eigenvalue weighted by atomic mass is 16.5. The average Bonchev–Trinajstić information content (AvgIpc) is 3.57. The number of methoxy groups -OCH3 is 1. The van der Waals surface area contributed by atoms with Crippen LogP contribution >= 0.6 is 0 Å². The topological polar surface area (TPSA) is 98.2 Å². The molecule has 1 aliphatic rings. The normalized spacial score (nSPS) is 16.7. The number of nitrogens with zero attached hydrogens (tertiary/aromatic N) is 5. The summed E-state index contributed by atoms with van der Waals surface area (Å²) in [4.78, 5) is 18.7. The molecule has 182 valence electrons. The zero-order valence-corrected chi connectivity index (χ0v) is 20.1. The summed E-state index contributed by atoms with van der Waals surface area (Å²) in [6.07, 6.45) is 2.08. The Morgan fingerprint density at radius 3 is 2.83 bits per heavy atom. The Labute approximate surface area is 203 Å². The largest absolute Gasteiger partial charge is 0.497 e. The predicted octanol–water partition coefficient (Wildman–Crippen LogP) is 3.31. The molecule has 35 heavy (non-hydrogen) atoms. The van der Waals surface area contributed by atoms with Crippen molar-refractivity contribution < 1.29 is 9.47 Å². The minimum absolute atomic E-state index is 0.0706. The van der Waals surface area contributed by atoms with Crippen LogP contribution in [-0.2, 0) is 17.8 Å². The van der Waals surface area contributed by atoms with Gasteiger partial charge in [-0.15, -0.1) is 5.10 Å². The van der Waals surface area contributed by atoms with Crippen LogP contribution in [-0.4, -0.2) is 56.5 Å². The number of aromatic nitrogens is 5. The van der Waals surface area contributed by atoms with Gasteiger partial charge < -0.3 is 14.5 Å². The monoisotopic (exact) mass is 474 g/mol. The Hall–Kier alpha value is -3.56. The van der Waals surface area contributed by atoms with Gasteiger partial charge in [-0.1, -0.05) is 37.3 Å². The third kappa shape index (κ3) is 4.96. The molecule has 9 nitrogen and oxygen atoms in total. The summed E-state index contributed by atoms with van der Waals surface area (Å²) in [5.74, 6) is 1.36. The first-order valence-electron chi connectivity index (χ1n) is 12.0. The second kappa shape index (κ2) is 10.4. The molecule has 0 spiro atoms. The number of rotatable bonds is 9. The lowest BCUT2D eigenvalue weighted by atomic mass is 10.0. The van der Waals surface area contributed by atoms with Crippen molar-refractivity contribution in [1.82, 2.24) is 30.1 Å². The van der Waals surface area contributed by atoms with E-state index in [-0.39, 0.29) is 11.7 Å². The molecular formula is C26H30N6O3. The molecular weight excluding hydrogens is 444 g/mol.